The Morgan fingerprint density at radius 2 is 2.44 bits per heavy atom. The lowest BCUT2D eigenvalue weighted by Gasteiger charge is -2.15. The van der Waals surface area contributed by atoms with Crippen molar-refractivity contribution in [2.24, 2.45) is 5.92 Å². The van der Waals surface area contributed by atoms with Crippen LogP contribution in [-0.4, -0.2) is 45.3 Å². The van der Waals surface area contributed by atoms with E-state index in [0.29, 0.717) is 18.1 Å². The number of hydrogen-bond acceptors (Lipinski definition) is 5. The number of carbonyl (C=O) groups is 1. The number of hydrogen-bond donors (Lipinski definition) is 1. The fourth-order valence-electron chi connectivity index (χ4n) is 1.79. The minimum Gasteiger partial charge on any atom is -0.393 e. The topological polar surface area (TPSA) is 66.3 Å². The van der Waals surface area contributed by atoms with E-state index in [1.165, 1.54) is 0 Å². The van der Waals surface area contributed by atoms with E-state index in [1.807, 2.05) is 0 Å². The quantitative estimate of drug-likeness (QED) is 0.864. The summed E-state index contributed by atoms with van der Waals surface area (Å²) in [6, 6.07) is 0. The average Bonchev–Trinajstić information content (AvgIpc) is 2.84. The lowest BCUT2D eigenvalue weighted by atomic mass is 10.0. The van der Waals surface area contributed by atoms with Crippen LogP contribution < -0.4 is 0 Å². The SMILES string of the molecule is CC(O)C1CCN(C(=O)c2nnc(Cl)s2)C1. The highest BCUT2D eigenvalue weighted by atomic mass is 35.5. The van der Waals surface area contributed by atoms with Crippen LogP contribution in [-0.2, 0) is 0 Å². The first kappa shape index (κ1) is 11.8. The molecule has 1 amide bonds. The standard InChI is InChI=1S/C9H12ClN3O2S/c1-5(14)6-2-3-13(4-6)8(15)7-11-12-9(10)16-7/h5-6,14H,2-4H2,1H3. The largest absolute Gasteiger partial charge is 0.393 e. The molecule has 0 aromatic carbocycles. The molecule has 2 atom stereocenters. The molecule has 0 radical (unpaired) electrons. The Bertz CT molecular complexity index is 396. The molecule has 1 aliphatic heterocycles. The summed E-state index contributed by atoms with van der Waals surface area (Å²) in [4.78, 5) is 13.6. The molecule has 7 heteroatoms. The molecule has 2 unspecified atom stereocenters. The number of carbonyl (C=O) groups excluding carboxylic acids is 1. The average molecular weight is 262 g/mol. The Labute approximate surface area is 102 Å². The van der Waals surface area contributed by atoms with E-state index in [-0.39, 0.29) is 22.4 Å². The van der Waals surface area contributed by atoms with Crippen molar-refractivity contribution in [2.75, 3.05) is 13.1 Å². The van der Waals surface area contributed by atoms with Gasteiger partial charge in [-0.25, -0.2) is 0 Å². The van der Waals surface area contributed by atoms with Gasteiger partial charge in [-0.15, -0.1) is 10.2 Å². The first-order chi connectivity index (χ1) is 7.58. The number of halogens is 1. The summed E-state index contributed by atoms with van der Waals surface area (Å²) in [5.74, 6) is 0.0138. The Morgan fingerprint density at radius 3 is 2.94 bits per heavy atom. The summed E-state index contributed by atoms with van der Waals surface area (Å²) >= 11 is 6.71. The van der Waals surface area contributed by atoms with E-state index in [0.717, 1.165) is 17.8 Å². The summed E-state index contributed by atoms with van der Waals surface area (Å²) < 4.78 is 0.273. The summed E-state index contributed by atoms with van der Waals surface area (Å²) in [6.45, 7) is 2.99. The van der Waals surface area contributed by atoms with Crippen molar-refractivity contribution in [3.8, 4) is 0 Å². The number of aromatic nitrogens is 2. The van der Waals surface area contributed by atoms with E-state index in [2.05, 4.69) is 10.2 Å². The summed E-state index contributed by atoms with van der Waals surface area (Å²) in [5, 5.41) is 17.1. The van der Waals surface area contributed by atoms with E-state index in [4.69, 9.17) is 11.6 Å². The molecular formula is C9H12ClN3O2S. The van der Waals surface area contributed by atoms with Crippen LogP contribution in [0.1, 0.15) is 23.1 Å². The van der Waals surface area contributed by atoms with Gasteiger partial charge in [0.15, 0.2) is 0 Å². The molecule has 1 N–H and O–H groups in total. The molecule has 1 aliphatic rings. The summed E-state index contributed by atoms with van der Waals surface area (Å²) in [5.41, 5.74) is 0. The third-order valence-electron chi connectivity index (χ3n) is 2.78. The molecule has 1 saturated heterocycles. The smallest absolute Gasteiger partial charge is 0.284 e. The lowest BCUT2D eigenvalue weighted by Crippen LogP contribution is -2.30. The molecule has 0 saturated carbocycles. The Kier molecular flexibility index (Phi) is 3.41. The maximum atomic E-state index is 11.9. The van der Waals surface area contributed by atoms with Gasteiger partial charge >= 0.3 is 0 Å². The Morgan fingerprint density at radius 1 is 1.69 bits per heavy atom. The monoisotopic (exact) mass is 261 g/mol. The van der Waals surface area contributed by atoms with Gasteiger partial charge in [-0.3, -0.25) is 4.79 Å². The second-order valence-corrected chi connectivity index (χ2v) is 5.46. The highest BCUT2D eigenvalue weighted by molar-refractivity contribution is 7.17. The summed E-state index contributed by atoms with van der Waals surface area (Å²) in [7, 11) is 0. The fraction of sp³-hybridized carbons (Fsp3) is 0.667. The number of rotatable bonds is 2. The van der Waals surface area contributed by atoms with Crippen LogP contribution in [0.3, 0.4) is 0 Å². The van der Waals surface area contributed by atoms with Gasteiger partial charge in [-0.1, -0.05) is 11.3 Å². The number of aliphatic hydroxyl groups is 1. The van der Waals surface area contributed by atoms with E-state index in [1.54, 1.807) is 11.8 Å². The van der Waals surface area contributed by atoms with Gasteiger partial charge in [-0.2, -0.15) is 0 Å². The minimum absolute atomic E-state index is 0.146. The molecule has 0 aliphatic carbocycles. The minimum atomic E-state index is -0.379. The third kappa shape index (κ3) is 2.34. The zero-order valence-corrected chi connectivity index (χ0v) is 10.3. The van der Waals surface area contributed by atoms with Gasteiger partial charge in [-0.05, 0) is 24.9 Å². The number of nitrogens with zero attached hydrogens (tertiary/aromatic N) is 3. The Hall–Kier alpha value is -0.720. The van der Waals surface area contributed by atoms with Crippen LogP contribution >= 0.6 is 22.9 Å². The zero-order chi connectivity index (χ0) is 11.7. The molecule has 16 heavy (non-hydrogen) atoms. The van der Waals surface area contributed by atoms with Crippen molar-refractivity contribution < 1.29 is 9.90 Å². The summed E-state index contributed by atoms with van der Waals surface area (Å²) in [6.07, 6.45) is 0.450. The van der Waals surface area contributed by atoms with Crippen molar-refractivity contribution in [1.82, 2.24) is 15.1 Å². The highest BCUT2D eigenvalue weighted by Crippen LogP contribution is 2.23. The van der Waals surface area contributed by atoms with Gasteiger partial charge in [0, 0.05) is 19.0 Å². The zero-order valence-electron chi connectivity index (χ0n) is 8.76. The normalized spacial score (nSPS) is 22.4. The second kappa shape index (κ2) is 4.65. The molecular weight excluding hydrogens is 250 g/mol. The maximum Gasteiger partial charge on any atom is 0.284 e. The fourth-order valence-corrected chi connectivity index (χ4v) is 2.59. The number of aliphatic hydroxyl groups excluding tert-OH is 1. The van der Waals surface area contributed by atoms with Gasteiger partial charge in [0.2, 0.25) is 9.47 Å². The Balaban J connectivity index is 2.02. The van der Waals surface area contributed by atoms with Crippen LogP contribution in [0.4, 0.5) is 0 Å². The first-order valence-corrected chi connectivity index (χ1v) is 6.23. The van der Waals surface area contributed by atoms with Crippen molar-refractivity contribution in [3.05, 3.63) is 9.47 Å². The molecule has 0 bridgehead atoms. The molecule has 88 valence electrons. The van der Waals surface area contributed by atoms with Crippen LogP contribution in [0, 0.1) is 5.92 Å². The van der Waals surface area contributed by atoms with Crippen molar-refractivity contribution in [3.63, 3.8) is 0 Å². The van der Waals surface area contributed by atoms with Crippen LogP contribution in [0.5, 0.6) is 0 Å². The molecule has 1 aromatic heterocycles. The van der Waals surface area contributed by atoms with E-state index in [9.17, 15) is 9.90 Å². The molecule has 0 spiro atoms. The van der Waals surface area contributed by atoms with Crippen molar-refractivity contribution in [1.29, 1.82) is 0 Å². The predicted octanol–water partition coefficient (Wildman–Crippen LogP) is 1.03. The second-order valence-electron chi connectivity index (χ2n) is 3.90. The lowest BCUT2D eigenvalue weighted by molar-refractivity contribution is 0.0761. The predicted molar refractivity (Wildman–Crippen MR) is 60.6 cm³/mol. The van der Waals surface area contributed by atoms with Crippen molar-refractivity contribution in [2.45, 2.75) is 19.4 Å². The van der Waals surface area contributed by atoms with Crippen LogP contribution in [0.2, 0.25) is 4.47 Å². The van der Waals surface area contributed by atoms with E-state index >= 15 is 0 Å². The third-order valence-corrected chi connectivity index (χ3v) is 3.78. The van der Waals surface area contributed by atoms with Gasteiger partial charge < -0.3 is 10.0 Å². The maximum absolute atomic E-state index is 11.9. The van der Waals surface area contributed by atoms with Crippen molar-refractivity contribution >= 4 is 28.8 Å². The van der Waals surface area contributed by atoms with Crippen LogP contribution in [0.25, 0.3) is 0 Å². The number of amides is 1. The van der Waals surface area contributed by atoms with E-state index < -0.39 is 0 Å². The van der Waals surface area contributed by atoms with Gasteiger partial charge in [0.25, 0.3) is 5.91 Å². The molecule has 2 heterocycles. The molecule has 2 rings (SSSR count). The highest BCUT2D eigenvalue weighted by Gasteiger charge is 2.30. The van der Waals surface area contributed by atoms with Gasteiger partial charge in [0.05, 0.1) is 6.10 Å². The van der Waals surface area contributed by atoms with Gasteiger partial charge in [0.1, 0.15) is 0 Å². The first-order valence-electron chi connectivity index (χ1n) is 5.04. The molecule has 1 aromatic rings. The molecule has 5 nitrogen and oxygen atoms in total. The molecule has 1 fully saturated rings. The number of likely N-dealkylation sites (tertiary alicyclic amines) is 1. The van der Waals surface area contributed by atoms with Crippen LogP contribution in [0.15, 0.2) is 0 Å².